The first-order valence-corrected chi connectivity index (χ1v) is 6.64. The molecular formula is C13H23N3O. The maximum Gasteiger partial charge on any atom is 0.122 e. The van der Waals surface area contributed by atoms with Crippen molar-refractivity contribution in [3.05, 3.63) is 18.2 Å². The number of nitrogens with zero attached hydrogens (tertiary/aromatic N) is 2. The Morgan fingerprint density at radius 1 is 1.59 bits per heavy atom. The van der Waals surface area contributed by atoms with Crippen molar-refractivity contribution in [2.24, 2.45) is 0 Å². The number of ether oxygens (including phenoxy) is 1. The summed E-state index contributed by atoms with van der Waals surface area (Å²) in [5.41, 5.74) is 0. The number of aryl methyl sites for hydroxylation is 1. The molecule has 0 bridgehead atoms. The molecule has 17 heavy (non-hydrogen) atoms. The molecule has 0 aromatic carbocycles. The first kappa shape index (κ1) is 12.6. The van der Waals surface area contributed by atoms with Crippen molar-refractivity contribution in [3.63, 3.8) is 0 Å². The van der Waals surface area contributed by atoms with E-state index >= 15 is 0 Å². The summed E-state index contributed by atoms with van der Waals surface area (Å²) >= 11 is 0. The molecule has 1 N–H and O–H groups in total. The van der Waals surface area contributed by atoms with E-state index in [0.717, 1.165) is 44.8 Å². The molecular weight excluding hydrogens is 214 g/mol. The molecule has 1 fully saturated rings. The second-order valence-corrected chi connectivity index (χ2v) is 4.82. The number of imidazole rings is 1. The SMILES string of the molecule is CCCn1ccnc1CNC1CCOC(C)C1. The largest absolute Gasteiger partial charge is 0.378 e. The molecule has 0 aliphatic carbocycles. The number of hydrogen-bond acceptors (Lipinski definition) is 3. The smallest absolute Gasteiger partial charge is 0.122 e. The van der Waals surface area contributed by atoms with Crippen LogP contribution in [0.15, 0.2) is 12.4 Å². The molecule has 96 valence electrons. The Morgan fingerprint density at radius 3 is 3.24 bits per heavy atom. The van der Waals surface area contributed by atoms with Gasteiger partial charge < -0.3 is 14.6 Å². The minimum atomic E-state index is 0.386. The lowest BCUT2D eigenvalue weighted by Crippen LogP contribution is -2.38. The Labute approximate surface area is 103 Å². The Hall–Kier alpha value is -0.870. The van der Waals surface area contributed by atoms with Gasteiger partial charge >= 0.3 is 0 Å². The van der Waals surface area contributed by atoms with Gasteiger partial charge in [-0.05, 0) is 26.2 Å². The third-order valence-electron chi connectivity index (χ3n) is 3.30. The summed E-state index contributed by atoms with van der Waals surface area (Å²) in [5.74, 6) is 1.14. The van der Waals surface area contributed by atoms with Crippen molar-refractivity contribution in [1.82, 2.24) is 14.9 Å². The summed E-state index contributed by atoms with van der Waals surface area (Å²) in [6, 6.07) is 0.575. The number of hydrogen-bond donors (Lipinski definition) is 1. The van der Waals surface area contributed by atoms with Crippen molar-refractivity contribution < 1.29 is 4.74 Å². The van der Waals surface area contributed by atoms with Crippen molar-refractivity contribution in [1.29, 1.82) is 0 Å². The van der Waals surface area contributed by atoms with Crippen molar-refractivity contribution in [2.75, 3.05) is 6.61 Å². The van der Waals surface area contributed by atoms with Gasteiger partial charge in [0.05, 0.1) is 12.6 Å². The van der Waals surface area contributed by atoms with Crippen LogP contribution in [-0.4, -0.2) is 28.3 Å². The highest BCUT2D eigenvalue weighted by Crippen LogP contribution is 2.13. The topological polar surface area (TPSA) is 39.1 Å². The fraction of sp³-hybridized carbons (Fsp3) is 0.769. The summed E-state index contributed by atoms with van der Waals surface area (Å²) in [7, 11) is 0. The number of rotatable bonds is 5. The van der Waals surface area contributed by atoms with E-state index in [0.29, 0.717) is 12.1 Å². The third-order valence-corrected chi connectivity index (χ3v) is 3.30. The Kier molecular flexibility index (Phi) is 4.57. The van der Waals surface area contributed by atoms with Gasteiger partial charge in [0, 0.05) is 31.6 Å². The molecule has 2 heterocycles. The van der Waals surface area contributed by atoms with Crippen LogP contribution in [-0.2, 0) is 17.8 Å². The van der Waals surface area contributed by atoms with Crippen LogP contribution in [0.4, 0.5) is 0 Å². The summed E-state index contributed by atoms with van der Waals surface area (Å²) in [6.45, 7) is 7.14. The molecule has 1 aliphatic rings. The lowest BCUT2D eigenvalue weighted by Gasteiger charge is -2.28. The van der Waals surface area contributed by atoms with E-state index < -0.39 is 0 Å². The highest BCUT2D eigenvalue weighted by atomic mass is 16.5. The Balaban J connectivity index is 1.82. The molecule has 2 atom stereocenters. The normalized spacial score (nSPS) is 25.1. The van der Waals surface area contributed by atoms with Gasteiger partial charge in [-0.1, -0.05) is 6.92 Å². The summed E-state index contributed by atoms with van der Waals surface area (Å²) < 4.78 is 7.78. The van der Waals surface area contributed by atoms with Gasteiger partial charge in [-0.2, -0.15) is 0 Å². The minimum Gasteiger partial charge on any atom is -0.378 e. The summed E-state index contributed by atoms with van der Waals surface area (Å²) in [6.07, 6.45) is 7.70. The molecule has 1 aromatic rings. The van der Waals surface area contributed by atoms with Crippen LogP contribution in [0.5, 0.6) is 0 Å². The molecule has 0 radical (unpaired) electrons. The maximum absolute atomic E-state index is 5.55. The number of aromatic nitrogens is 2. The van der Waals surface area contributed by atoms with Gasteiger partial charge in [-0.15, -0.1) is 0 Å². The van der Waals surface area contributed by atoms with Crippen LogP contribution in [0.25, 0.3) is 0 Å². The van der Waals surface area contributed by atoms with Gasteiger partial charge in [-0.3, -0.25) is 0 Å². The summed E-state index contributed by atoms with van der Waals surface area (Å²) in [5, 5.41) is 3.59. The zero-order valence-electron chi connectivity index (χ0n) is 10.9. The third kappa shape index (κ3) is 3.54. The Bertz CT molecular complexity index is 337. The quantitative estimate of drug-likeness (QED) is 0.850. The molecule has 0 saturated carbocycles. The van der Waals surface area contributed by atoms with Crippen molar-refractivity contribution in [3.8, 4) is 0 Å². The molecule has 0 spiro atoms. The van der Waals surface area contributed by atoms with E-state index in [4.69, 9.17) is 4.74 Å². The number of nitrogens with one attached hydrogen (secondary N) is 1. The van der Waals surface area contributed by atoms with Gasteiger partial charge in [-0.25, -0.2) is 4.98 Å². The van der Waals surface area contributed by atoms with E-state index in [2.05, 4.69) is 34.9 Å². The standard InChI is InChI=1S/C13H23N3O/c1-3-6-16-7-5-14-13(16)10-15-12-4-8-17-11(2)9-12/h5,7,11-12,15H,3-4,6,8-10H2,1-2H3. The van der Waals surface area contributed by atoms with Crippen molar-refractivity contribution >= 4 is 0 Å². The van der Waals surface area contributed by atoms with Crippen LogP contribution in [0.1, 0.15) is 38.9 Å². The molecule has 2 rings (SSSR count). The fourth-order valence-corrected chi connectivity index (χ4v) is 2.37. The average molecular weight is 237 g/mol. The lowest BCUT2D eigenvalue weighted by molar-refractivity contribution is 0.0129. The molecule has 0 amide bonds. The minimum absolute atomic E-state index is 0.386. The van der Waals surface area contributed by atoms with Gasteiger partial charge in [0.2, 0.25) is 0 Å². The van der Waals surface area contributed by atoms with E-state index in [1.54, 1.807) is 0 Å². The van der Waals surface area contributed by atoms with Gasteiger partial charge in [0.1, 0.15) is 5.82 Å². The fourth-order valence-electron chi connectivity index (χ4n) is 2.37. The molecule has 1 aromatic heterocycles. The predicted molar refractivity (Wildman–Crippen MR) is 67.8 cm³/mol. The van der Waals surface area contributed by atoms with Gasteiger partial charge in [0.25, 0.3) is 0 Å². The summed E-state index contributed by atoms with van der Waals surface area (Å²) in [4.78, 5) is 4.41. The highest BCUT2D eigenvalue weighted by molar-refractivity contribution is 4.92. The van der Waals surface area contributed by atoms with Crippen LogP contribution in [0.2, 0.25) is 0 Å². The van der Waals surface area contributed by atoms with E-state index in [-0.39, 0.29) is 0 Å². The molecule has 1 aliphatic heterocycles. The van der Waals surface area contributed by atoms with E-state index in [1.807, 2.05) is 6.20 Å². The lowest BCUT2D eigenvalue weighted by atomic mass is 10.0. The zero-order valence-corrected chi connectivity index (χ0v) is 10.9. The van der Waals surface area contributed by atoms with Gasteiger partial charge in [0.15, 0.2) is 0 Å². The van der Waals surface area contributed by atoms with Crippen LogP contribution >= 0.6 is 0 Å². The second kappa shape index (κ2) is 6.17. The maximum atomic E-state index is 5.55. The highest BCUT2D eigenvalue weighted by Gasteiger charge is 2.19. The van der Waals surface area contributed by atoms with E-state index in [1.165, 1.54) is 0 Å². The van der Waals surface area contributed by atoms with E-state index in [9.17, 15) is 0 Å². The predicted octanol–water partition coefficient (Wildman–Crippen LogP) is 1.95. The zero-order chi connectivity index (χ0) is 12.1. The average Bonchev–Trinajstić information content (AvgIpc) is 2.75. The first-order chi connectivity index (χ1) is 8.29. The first-order valence-electron chi connectivity index (χ1n) is 6.64. The molecule has 4 heteroatoms. The van der Waals surface area contributed by atoms with Crippen LogP contribution in [0.3, 0.4) is 0 Å². The van der Waals surface area contributed by atoms with Crippen molar-refractivity contribution in [2.45, 2.75) is 58.3 Å². The molecule has 4 nitrogen and oxygen atoms in total. The van der Waals surface area contributed by atoms with Crippen LogP contribution in [0, 0.1) is 0 Å². The van der Waals surface area contributed by atoms with Crippen LogP contribution < -0.4 is 5.32 Å². The monoisotopic (exact) mass is 237 g/mol. The second-order valence-electron chi connectivity index (χ2n) is 4.82. The molecule has 1 saturated heterocycles. The Morgan fingerprint density at radius 2 is 2.47 bits per heavy atom. The molecule has 2 unspecified atom stereocenters.